The zero-order valence-corrected chi connectivity index (χ0v) is 4.80. The molecule has 2 N–H and O–H groups in total. The summed E-state index contributed by atoms with van der Waals surface area (Å²) in [6.07, 6.45) is 0. The summed E-state index contributed by atoms with van der Waals surface area (Å²) in [5.74, 6) is 0. The van der Waals surface area contributed by atoms with Crippen molar-refractivity contribution in [3.05, 3.63) is 0 Å². The molecule has 0 saturated heterocycles. The second kappa shape index (κ2) is 12.6. The fourth-order valence-corrected chi connectivity index (χ4v) is 0. The molecule has 9 heavy (non-hydrogen) atoms. The Labute approximate surface area is 99.3 Å². The fraction of sp³-hybridized carbons (Fsp3) is 0. The van der Waals surface area contributed by atoms with Crippen molar-refractivity contribution in [2.45, 2.75) is 0 Å². The van der Waals surface area contributed by atoms with E-state index in [0.717, 1.165) is 0 Å². The van der Waals surface area contributed by atoms with Gasteiger partial charge in [-0.25, -0.2) is 0 Å². The Bertz CT molecular complexity index is 26.5. The monoisotopic (exact) mass is 208 g/mol. The van der Waals surface area contributed by atoms with Crippen LogP contribution in [0.4, 0.5) is 0 Å². The van der Waals surface area contributed by atoms with Crippen molar-refractivity contribution in [2.75, 3.05) is 0 Å². The average Bonchev–Trinajstić information content (AvgIpc) is 1.25. The van der Waals surface area contributed by atoms with Crippen LogP contribution in [0.3, 0.4) is 0 Å². The maximum atomic E-state index is 8.52. The summed E-state index contributed by atoms with van der Waals surface area (Å²) in [6, 6.07) is 0. The van der Waals surface area contributed by atoms with Crippen molar-refractivity contribution in [3.63, 3.8) is 0 Å². The van der Waals surface area contributed by atoms with Crippen LogP contribution in [0.5, 0.6) is 0 Å². The van der Waals surface area contributed by atoms with Gasteiger partial charge in [0, 0.05) is 9.32 Å². The van der Waals surface area contributed by atoms with E-state index in [1.54, 1.807) is 0 Å². The second-order valence-corrected chi connectivity index (χ2v) is 1.21. The number of rotatable bonds is 0. The minimum atomic E-state index is -2.60. The van der Waals surface area contributed by atoms with Crippen LogP contribution in [0, 0.1) is 21.6 Å². The van der Waals surface area contributed by atoms with Gasteiger partial charge < -0.3 is 18.6 Å². The Balaban J connectivity index is -0.0000000720. The zero-order valence-electron chi connectivity index (χ0n) is 3.28. The topological polar surface area (TPSA) is 133 Å². The molecule has 0 spiro atoms. The molecule has 0 saturated carbocycles. The van der Waals surface area contributed by atoms with Gasteiger partial charge in [-0.15, -0.1) is 0 Å². The quantitative estimate of drug-likeness (QED) is 0.381. The van der Waals surface area contributed by atoms with Crippen LogP contribution in [0.1, 0.15) is 0 Å². The van der Waals surface area contributed by atoms with Crippen molar-refractivity contribution < 1.29 is 49.5 Å². The molecule has 0 amide bonds. The van der Waals surface area contributed by atoms with Crippen LogP contribution in [0.15, 0.2) is 0 Å². The van der Waals surface area contributed by atoms with Gasteiger partial charge in [0.05, 0.1) is 0 Å². The number of halogens is 2. The second-order valence-electron chi connectivity index (χ2n) is 0.402. The molecule has 54 valence electrons. The van der Waals surface area contributed by atoms with Gasteiger partial charge in [-0.1, -0.05) is 0 Å². The SMILES string of the molecule is [KH].[O-][Cl+2]([O-])O.[O-][Cl+2]([O-])O. The third-order valence-corrected chi connectivity index (χ3v) is 0. The summed E-state index contributed by atoms with van der Waals surface area (Å²) >= 11 is 0. The molecule has 9 heteroatoms. The zero-order chi connectivity index (χ0) is 7.15. The molecule has 0 aromatic heterocycles. The Morgan fingerprint density at radius 1 is 0.778 bits per heavy atom. The summed E-state index contributed by atoms with van der Waals surface area (Å²) < 4.78 is 47.9. The molecule has 0 aliphatic rings. The molecular formula is H3Cl2KO6. The Kier molecular flexibility index (Phi) is 24.1. The van der Waals surface area contributed by atoms with Gasteiger partial charge in [-0.05, 0) is 0 Å². The standard InChI is InChI=1S/2ClHO3.K.H/c2*2-1(3)4;;/h2*2H;;. The third kappa shape index (κ3) is 162. The van der Waals surface area contributed by atoms with E-state index in [0.29, 0.717) is 0 Å². The number of hydrogen-bond donors (Lipinski definition) is 2. The smallest absolute Gasteiger partial charge is 0.282 e. The van der Waals surface area contributed by atoms with E-state index in [-0.39, 0.29) is 51.4 Å². The van der Waals surface area contributed by atoms with Crippen LogP contribution in [0.25, 0.3) is 0 Å². The predicted molar refractivity (Wildman–Crippen MR) is 11.6 cm³/mol. The molecule has 0 aromatic carbocycles. The van der Waals surface area contributed by atoms with Crippen LogP contribution in [0.2, 0.25) is 0 Å². The molecule has 0 fully saturated rings. The van der Waals surface area contributed by atoms with E-state index < -0.39 is 21.6 Å². The fourth-order valence-electron chi connectivity index (χ4n) is 0. The molecule has 0 radical (unpaired) electrons. The molecule has 0 aromatic rings. The molecule has 0 rings (SSSR count). The van der Waals surface area contributed by atoms with Crippen molar-refractivity contribution in [2.24, 2.45) is 0 Å². The maximum Gasteiger partial charge on any atom is 0.282 e. The molecule has 0 atom stereocenters. The first-order valence-electron chi connectivity index (χ1n) is 0.955. The number of hydrogen-bond acceptors (Lipinski definition) is 6. The summed E-state index contributed by atoms with van der Waals surface area (Å²) in [5.41, 5.74) is 0. The van der Waals surface area contributed by atoms with Crippen LogP contribution in [-0.2, 0) is 0 Å². The average molecular weight is 209 g/mol. The van der Waals surface area contributed by atoms with E-state index in [1.165, 1.54) is 0 Å². The van der Waals surface area contributed by atoms with Crippen LogP contribution >= 0.6 is 0 Å². The molecule has 0 bridgehead atoms. The van der Waals surface area contributed by atoms with Crippen molar-refractivity contribution in [1.29, 1.82) is 0 Å². The first kappa shape index (κ1) is 17.2. The first-order chi connectivity index (χ1) is 3.46. The molecule has 0 heterocycles. The van der Waals surface area contributed by atoms with Gasteiger partial charge in [0.25, 0.3) is 21.6 Å². The summed E-state index contributed by atoms with van der Waals surface area (Å²) in [6.45, 7) is 0. The predicted octanol–water partition coefficient (Wildman–Crippen LogP) is -6.52. The maximum absolute atomic E-state index is 8.52. The minimum Gasteiger partial charge on any atom is -0.321 e. The first-order valence-corrected chi connectivity index (χ1v) is 2.87. The summed E-state index contributed by atoms with van der Waals surface area (Å²) in [5, 5.41) is 0. The van der Waals surface area contributed by atoms with E-state index in [9.17, 15) is 0 Å². The van der Waals surface area contributed by atoms with E-state index in [2.05, 4.69) is 0 Å². The third-order valence-electron chi connectivity index (χ3n) is 0. The van der Waals surface area contributed by atoms with Gasteiger partial charge in [0.1, 0.15) is 0 Å². The van der Waals surface area contributed by atoms with Gasteiger partial charge >= 0.3 is 51.4 Å². The van der Waals surface area contributed by atoms with Gasteiger partial charge in [0.2, 0.25) is 0 Å². The van der Waals surface area contributed by atoms with E-state index in [4.69, 9.17) is 28.0 Å². The molecule has 0 unspecified atom stereocenters. The normalized spacial score (nSPS) is 8.00. The van der Waals surface area contributed by atoms with Crippen molar-refractivity contribution >= 4 is 51.4 Å². The van der Waals surface area contributed by atoms with Gasteiger partial charge in [-0.2, -0.15) is 0 Å². The minimum absolute atomic E-state index is 0. The molecular weight excluding hydrogens is 206 g/mol. The molecule has 0 aliphatic carbocycles. The molecule has 6 nitrogen and oxygen atoms in total. The summed E-state index contributed by atoms with van der Waals surface area (Å²) in [4.78, 5) is 0. The summed E-state index contributed by atoms with van der Waals surface area (Å²) in [7, 11) is -5.20. The van der Waals surface area contributed by atoms with Crippen LogP contribution in [-0.4, -0.2) is 60.7 Å². The Morgan fingerprint density at radius 3 is 0.778 bits per heavy atom. The Hall–Kier alpha value is 1.98. The van der Waals surface area contributed by atoms with Gasteiger partial charge in [0.15, 0.2) is 0 Å². The van der Waals surface area contributed by atoms with Crippen LogP contribution < -0.4 is 18.6 Å². The van der Waals surface area contributed by atoms with Crippen molar-refractivity contribution in [1.82, 2.24) is 0 Å². The van der Waals surface area contributed by atoms with E-state index >= 15 is 0 Å². The molecule has 0 aliphatic heterocycles. The largest absolute Gasteiger partial charge is 0.321 e. The van der Waals surface area contributed by atoms with E-state index in [1.807, 2.05) is 0 Å². The van der Waals surface area contributed by atoms with Gasteiger partial charge in [-0.3, -0.25) is 0 Å². The van der Waals surface area contributed by atoms with Crippen molar-refractivity contribution in [3.8, 4) is 0 Å². The Morgan fingerprint density at radius 2 is 0.778 bits per heavy atom.